The van der Waals surface area contributed by atoms with Gasteiger partial charge in [0.2, 0.25) is 0 Å². The van der Waals surface area contributed by atoms with Gasteiger partial charge >= 0.3 is 5.76 Å². The summed E-state index contributed by atoms with van der Waals surface area (Å²) in [5.74, 6) is -3.96. The minimum atomic E-state index is -3.15. The minimum absolute atomic E-state index is 0.0165. The molecular weight excluding hydrogens is 499 g/mol. The van der Waals surface area contributed by atoms with Crippen LogP contribution in [0.15, 0.2) is 92.1 Å². The molecule has 0 fully saturated rings. The van der Waals surface area contributed by atoms with Gasteiger partial charge in [-0.1, -0.05) is 18.2 Å². The molecule has 0 radical (unpaired) electrons. The van der Waals surface area contributed by atoms with Crippen LogP contribution in [0.3, 0.4) is 0 Å². The highest BCUT2D eigenvalue weighted by Gasteiger charge is 2.47. The number of fused-ring (bicyclic) bond motifs is 1. The first kappa shape index (κ1) is 23.8. The topological polar surface area (TPSA) is 87.9 Å². The first-order valence-electron chi connectivity index (χ1n) is 11.8. The van der Waals surface area contributed by atoms with Crippen molar-refractivity contribution in [3.63, 3.8) is 0 Å². The second-order valence-corrected chi connectivity index (χ2v) is 9.29. The summed E-state index contributed by atoms with van der Waals surface area (Å²) < 4.78 is 53.1. The Morgan fingerprint density at radius 3 is 2.61 bits per heavy atom. The van der Waals surface area contributed by atoms with Crippen LogP contribution in [0.25, 0.3) is 11.1 Å². The summed E-state index contributed by atoms with van der Waals surface area (Å²) in [6, 6.07) is 16.4. The zero-order valence-electron chi connectivity index (χ0n) is 20.0. The molecule has 3 aromatic carbocycles. The fourth-order valence-corrected chi connectivity index (χ4v) is 4.98. The molecule has 10 heteroatoms. The molecular formula is C28H20F3N3O4. The lowest BCUT2D eigenvalue weighted by molar-refractivity contribution is -0.132. The summed E-state index contributed by atoms with van der Waals surface area (Å²) in [6.07, 6.45) is 0. The smallest absolute Gasteiger partial charge is 0.417 e. The average molecular weight is 519 g/mol. The number of aromatic nitrogens is 1. The van der Waals surface area contributed by atoms with Crippen molar-refractivity contribution < 1.29 is 27.1 Å². The molecule has 0 spiro atoms. The molecule has 1 atom stereocenters. The Labute approximate surface area is 213 Å². The zero-order valence-corrected chi connectivity index (χ0v) is 20.0. The molecule has 1 amide bonds. The Hall–Kier alpha value is -4.60. The number of ether oxygens (including phenoxy) is 1. The Balaban J connectivity index is 1.45. The highest BCUT2D eigenvalue weighted by Crippen LogP contribution is 2.45. The van der Waals surface area contributed by atoms with Crippen LogP contribution in [0.1, 0.15) is 24.1 Å². The summed E-state index contributed by atoms with van der Waals surface area (Å²) in [5.41, 5.74) is 2.93. The molecule has 2 aliphatic heterocycles. The number of hydrogen-bond acceptors (Lipinski definition) is 5. The highest BCUT2D eigenvalue weighted by atomic mass is 19.3. The van der Waals surface area contributed by atoms with Crippen LogP contribution in [-0.4, -0.2) is 40.5 Å². The maximum Gasteiger partial charge on any atom is 0.417 e. The van der Waals surface area contributed by atoms with Crippen LogP contribution in [0.4, 0.5) is 13.2 Å². The van der Waals surface area contributed by atoms with E-state index in [2.05, 4.69) is 9.98 Å². The molecule has 0 bridgehead atoms. The first-order chi connectivity index (χ1) is 18.2. The van der Waals surface area contributed by atoms with Gasteiger partial charge in [0, 0.05) is 23.6 Å². The molecule has 38 heavy (non-hydrogen) atoms. The average Bonchev–Trinajstić information content (AvgIpc) is 3.53. The lowest BCUT2D eigenvalue weighted by atomic mass is 9.91. The molecule has 0 aliphatic carbocycles. The van der Waals surface area contributed by atoms with E-state index in [4.69, 9.17) is 9.15 Å². The number of amides is 1. The number of aliphatic imine (C=N–C) groups is 1. The summed E-state index contributed by atoms with van der Waals surface area (Å²) in [5, 5.41) is 0. The van der Waals surface area contributed by atoms with Gasteiger partial charge in [0.05, 0.1) is 30.4 Å². The number of halogens is 3. The number of nitrogens with zero attached hydrogens (tertiary/aromatic N) is 2. The Bertz CT molecular complexity index is 1700. The Kier molecular flexibility index (Phi) is 5.48. The number of benzene rings is 3. The maximum atomic E-state index is 14.3. The summed E-state index contributed by atoms with van der Waals surface area (Å²) in [4.78, 5) is 33.6. The number of para-hydroxylation sites is 1. The number of oxazole rings is 1. The van der Waals surface area contributed by atoms with Gasteiger partial charge in [-0.2, -0.15) is 0 Å². The van der Waals surface area contributed by atoms with E-state index in [1.807, 2.05) is 0 Å². The van der Waals surface area contributed by atoms with Crippen LogP contribution in [0.2, 0.25) is 0 Å². The standard InChI is InChI=1S/C28H20F3N3O4/c1-28(30,31)14-34-24(15-4-2-5-18(12-15)37-17-10-8-16(29)9-11-17)22-20(26(34)35)13-32-23(22)19-6-3-7-21-25(19)38-27(36)33-21/h2-12,24H,13-14H2,1H3,(H,33,36). The van der Waals surface area contributed by atoms with Crippen molar-refractivity contribution in [2.75, 3.05) is 13.1 Å². The fraction of sp³-hybridized carbons (Fsp3) is 0.179. The number of alkyl halides is 2. The van der Waals surface area contributed by atoms with E-state index in [9.17, 15) is 22.8 Å². The SMILES string of the molecule is CC(F)(F)CN1C(=O)C2=C(C(c3cccc4[nH]c(=O)oc34)=NC2)C1c1cccc(Oc2ccc(F)cc2)c1. The molecule has 2 aliphatic rings. The zero-order chi connectivity index (χ0) is 26.6. The molecule has 6 rings (SSSR count). The van der Waals surface area contributed by atoms with Gasteiger partial charge in [-0.25, -0.2) is 18.0 Å². The van der Waals surface area contributed by atoms with E-state index in [0.29, 0.717) is 45.0 Å². The minimum Gasteiger partial charge on any atom is -0.457 e. The van der Waals surface area contributed by atoms with E-state index in [1.54, 1.807) is 42.5 Å². The van der Waals surface area contributed by atoms with E-state index >= 15 is 0 Å². The maximum absolute atomic E-state index is 14.3. The number of carbonyl (C=O) groups is 1. The molecule has 0 saturated carbocycles. The Morgan fingerprint density at radius 2 is 1.84 bits per heavy atom. The van der Waals surface area contributed by atoms with Gasteiger partial charge in [0.1, 0.15) is 17.3 Å². The first-order valence-corrected chi connectivity index (χ1v) is 11.8. The van der Waals surface area contributed by atoms with Crippen molar-refractivity contribution in [2.45, 2.75) is 18.9 Å². The monoisotopic (exact) mass is 519 g/mol. The highest BCUT2D eigenvalue weighted by molar-refractivity contribution is 6.25. The third-order valence-corrected chi connectivity index (χ3v) is 6.45. The molecule has 1 N–H and O–H groups in total. The Morgan fingerprint density at radius 1 is 1.08 bits per heavy atom. The molecule has 1 aromatic heterocycles. The van der Waals surface area contributed by atoms with Crippen LogP contribution in [-0.2, 0) is 4.79 Å². The molecule has 4 aromatic rings. The molecule has 1 unspecified atom stereocenters. The van der Waals surface area contributed by atoms with Crippen molar-refractivity contribution >= 4 is 22.7 Å². The predicted octanol–water partition coefficient (Wildman–Crippen LogP) is 5.39. The quantitative estimate of drug-likeness (QED) is 0.370. The van der Waals surface area contributed by atoms with Crippen LogP contribution >= 0.6 is 0 Å². The lowest BCUT2D eigenvalue weighted by Crippen LogP contribution is -2.40. The van der Waals surface area contributed by atoms with E-state index < -0.39 is 36.0 Å². The van der Waals surface area contributed by atoms with Crippen molar-refractivity contribution in [3.05, 3.63) is 105 Å². The number of nitrogens with one attached hydrogen (secondary N) is 1. The normalized spacial score (nSPS) is 17.4. The van der Waals surface area contributed by atoms with Crippen molar-refractivity contribution in [3.8, 4) is 11.5 Å². The van der Waals surface area contributed by atoms with Crippen LogP contribution in [0.5, 0.6) is 11.5 Å². The number of hydrogen-bond donors (Lipinski definition) is 1. The molecule has 0 saturated heterocycles. The summed E-state index contributed by atoms with van der Waals surface area (Å²) >= 11 is 0. The third kappa shape index (κ3) is 4.17. The van der Waals surface area contributed by atoms with Gasteiger partial charge in [-0.05, 0) is 54.1 Å². The summed E-state index contributed by atoms with van der Waals surface area (Å²) in [6.45, 7) is -0.0229. The van der Waals surface area contributed by atoms with Crippen LogP contribution in [0, 0.1) is 5.82 Å². The third-order valence-electron chi connectivity index (χ3n) is 6.45. The molecule has 7 nitrogen and oxygen atoms in total. The second-order valence-electron chi connectivity index (χ2n) is 9.29. The largest absolute Gasteiger partial charge is 0.457 e. The van der Waals surface area contributed by atoms with Gasteiger partial charge in [0.15, 0.2) is 5.58 Å². The molecule has 3 heterocycles. The van der Waals surface area contributed by atoms with E-state index in [1.165, 1.54) is 24.3 Å². The van der Waals surface area contributed by atoms with Crippen LogP contribution < -0.4 is 10.5 Å². The van der Waals surface area contributed by atoms with Gasteiger partial charge < -0.3 is 14.1 Å². The lowest BCUT2D eigenvalue weighted by Gasteiger charge is -2.30. The van der Waals surface area contributed by atoms with E-state index in [0.717, 1.165) is 11.8 Å². The number of aromatic amines is 1. The number of carbonyl (C=O) groups excluding carboxylic acids is 1. The second kappa shape index (κ2) is 8.76. The number of rotatable bonds is 6. The van der Waals surface area contributed by atoms with Gasteiger partial charge in [-0.15, -0.1) is 0 Å². The fourth-order valence-electron chi connectivity index (χ4n) is 4.98. The van der Waals surface area contributed by atoms with Crippen molar-refractivity contribution in [1.29, 1.82) is 0 Å². The molecule has 192 valence electrons. The van der Waals surface area contributed by atoms with Crippen molar-refractivity contribution in [1.82, 2.24) is 9.88 Å². The van der Waals surface area contributed by atoms with Crippen molar-refractivity contribution in [2.24, 2.45) is 4.99 Å². The van der Waals surface area contributed by atoms with Gasteiger partial charge in [-0.3, -0.25) is 14.8 Å². The van der Waals surface area contributed by atoms with Gasteiger partial charge in [0.25, 0.3) is 11.8 Å². The van der Waals surface area contributed by atoms with E-state index in [-0.39, 0.29) is 12.1 Å². The summed E-state index contributed by atoms with van der Waals surface area (Å²) in [7, 11) is 0. The number of H-pyrrole nitrogens is 1. The predicted molar refractivity (Wildman–Crippen MR) is 133 cm³/mol.